The number of benzene rings is 2. The van der Waals surface area contributed by atoms with E-state index in [1.807, 2.05) is 24.3 Å². The predicted molar refractivity (Wildman–Crippen MR) is 129 cm³/mol. The van der Waals surface area contributed by atoms with Crippen molar-refractivity contribution < 1.29 is 18.8 Å². The molecule has 10 heteroatoms. The number of likely N-dealkylation sites (tertiary alicyclic amines) is 1. The Balaban J connectivity index is 1.40. The molecule has 1 fully saturated rings. The SMILES string of the molecule is COc1cc(NC(=O)C2CCCN(Cc3nc(-c4cccc(Br)c4)no3)C2)c(OC)cc1Cl. The summed E-state index contributed by atoms with van der Waals surface area (Å²) in [6, 6.07) is 11.0. The third-order valence-electron chi connectivity index (χ3n) is 5.52. The van der Waals surface area contributed by atoms with Gasteiger partial charge in [-0.15, -0.1) is 0 Å². The minimum atomic E-state index is -0.183. The van der Waals surface area contributed by atoms with Crippen molar-refractivity contribution in [1.82, 2.24) is 15.0 Å². The molecule has 1 atom stereocenters. The van der Waals surface area contributed by atoms with Gasteiger partial charge in [-0.3, -0.25) is 9.69 Å². The summed E-state index contributed by atoms with van der Waals surface area (Å²) < 4.78 is 17.0. The topological polar surface area (TPSA) is 89.7 Å². The van der Waals surface area contributed by atoms with Gasteiger partial charge in [0.1, 0.15) is 11.5 Å². The lowest BCUT2D eigenvalue weighted by Gasteiger charge is -2.31. The molecule has 8 nitrogen and oxygen atoms in total. The van der Waals surface area contributed by atoms with Crippen LogP contribution in [0.5, 0.6) is 11.5 Å². The van der Waals surface area contributed by atoms with Gasteiger partial charge in [0.25, 0.3) is 0 Å². The van der Waals surface area contributed by atoms with Crippen LogP contribution in [0.15, 0.2) is 45.4 Å². The number of carbonyl (C=O) groups is 1. The Morgan fingerprint density at radius 2 is 2.09 bits per heavy atom. The van der Waals surface area contributed by atoms with E-state index in [1.54, 1.807) is 12.1 Å². The van der Waals surface area contributed by atoms with Crippen molar-refractivity contribution in [2.45, 2.75) is 19.4 Å². The van der Waals surface area contributed by atoms with Crippen LogP contribution in [-0.2, 0) is 11.3 Å². The Kier molecular flexibility index (Phi) is 7.52. The molecule has 1 unspecified atom stereocenters. The molecule has 0 saturated carbocycles. The number of hydrogen-bond acceptors (Lipinski definition) is 7. The molecule has 1 N–H and O–H groups in total. The maximum absolute atomic E-state index is 13.0. The monoisotopic (exact) mass is 534 g/mol. The Hall–Kier alpha value is -2.62. The molecule has 1 amide bonds. The van der Waals surface area contributed by atoms with Crippen LogP contribution in [0.2, 0.25) is 5.02 Å². The van der Waals surface area contributed by atoms with Crippen LogP contribution in [0.4, 0.5) is 5.69 Å². The number of methoxy groups -OCH3 is 2. The third kappa shape index (κ3) is 5.66. The molecule has 0 bridgehead atoms. The van der Waals surface area contributed by atoms with Crippen LogP contribution in [0.1, 0.15) is 18.7 Å². The molecular formula is C23H24BrClN4O4. The number of piperidine rings is 1. The Morgan fingerprint density at radius 3 is 2.85 bits per heavy atom. The van der Waals surface area contributed by atoms with E-state index in [-0.39, 0.29) is 11.8 Å². The number of rotatable bonds is 7. The van der Waals surface area contributed by atoms with Gasteiger partial charge in [0.15, 0.2) is 0 Å². The van der Waals surface area contributed by atoms with Crippen molar-refractivity contribution >= 4 is 39.1 Å². The average molecular weight is 536 g/mol. The molecule has 1 aliphatic rings. The fourth-order valence-corrected chi connectivity index (χ4v) is 4.49. The molecule has 0 aliphatic carbocycles. The van der Waals surface area contributed by atoms with Gasteiger partial charge in [-0.25, -0.2) is 0 Å². The van der Waals surface area contributed by atoms with Gasteiger partial charge >= 0.3 is 0 Å². The smallest absolute Gasteiger partial charge is 0.241 e. The summed E-state index contributed by atoms with van der Waals surface area (Å²) in [7, 11) is 3.06. The molecule has 0 radical (unpaired) electrons. The van der Waals surface area contributed by atoms with Crippen molar-refractivity contribution in [2.75, 3.05) is 32.6 Å². The highest BCUT2D eigenvalue weighted by Crippen LogP contribution is 2.36. The molecule has 0 spiro atoms. The molecule has 4 rings (SSSR count). The summed E-state index contributed by atoms with van der Waals surface area (Å²) >= 11 is 9.62. The van der Waals surface area contributed by atoms with Crippen LogP contribution in [0.25, 0.3) is 11.4 Å². The van der Waals surface area contributed by atoms with Crippen LogP contribution < -0.4 is 14.8 Å². The summed E-state index contributed by atoms with van der Waals surface area (Å²) in [5.41, 5.74) is 1.40. The Morgan fingerprint density at radius 1 is 1.27 bits per heavy atom. The second-order valence-electron chi connectivity index (χ2n) is 7.77. The normalized spacial score (nSPS) is 16.4. The molecule has 1 aliphatic heterocycles. The van der Waals surface area contributed by atoms with Gasteiger partial charge < -0.3 is 19.3 Å². The van der Waals surface area contributed by atoms with Crippen molar-refractivity contribution in [1.29, 1.82) is 0 Å². The molecule has 1 saturated heterocycles. The highest BCUT2D eigenvalue weighted by Gasteiger charge is 2.28. The number of anilines is 1. The third-order valence-corrected chi connectivity index (χ3v) is 6.31. The highest BCUT2D eigenvalue weighted by atomic mass is 79.9. The van der Waals surface area contributed by atoms with Gasteiger partial charge in [-0.05, 0) is 31.5 Å². The fraction of sp³-hybridized carbons (Fsp3) is 0.348. The first kappa shape index (κ1) is 23.5. The Labute approximate surface area is 205 Å². The second-order valence-corrected chi connectivity index (χ2v) is 9.10. The number of nitrogens with one attached hydrogen (secondary N) is 1. The van der Waals surface area contributed by atoms with Gasteiger partial charge in [0, 0.05) is 28.7 Å². The van der Waals surface area contributed by atoms with E-state index in [0.717, 1.165) is 29.4 Å². The number of aromatic nitrogens is 2. The van der Waals surface area contributed by atoms with E-state index >= 15 is 0 Å². The lowest BCUT2D eigenvalue weighted by Crippen LogP contribution is -2.40. The lowest BCUT2D eigenvalue weighted by molar-refractivity contribution is -0.121. The van der Waals surface area contributed by atoms with Gasteiger partial charge in [-0.2, -0.15) is 4.98 Å². The number of carbonyl (C=O) groups excluding carboxylic acids is 1. The van der Waals surface area contributed by atoms with E-state index in [1.165, 1.54) is 14.2 Å². The number of nitrogens with zero attached hydrogens (tertiary/aromatic N) is 3. The maximum Gasteiger partial charge on any atom is 0.241 e. The van der Waals surface area contributed by atoms with Crippen molar-refractivity contribution in [3.63, 3.8) is 0 Å². The molecule has 2 heterocycles. The largest absolute Gasteiger partial charge is 0.495 e. The van der Waals surface area contributed by atoms with Crippen LogP contribution in [0, 0.1) is 5.92 Å². The molecule has 174 valence electrons. The number of halogens is 2. The van der Waals surface area contributed by atoms with Gasteiger partial charge in [0.2, 0.25) is 17.6 Å². The lowest BCUT2D eigenvalue weighted by atomic mass is 9.97. The van der Waals surface area contributed by atoms with Crippen molar-refractivity contribution in [3.05, 3.63) is 51.8 Å². The summed E-state index contributed by atoms with van der Waals surface area (Å²) in [4.78, 5) is 19.7. The average Bonchev–Trinajstić information content (AvgIpc) is 3.28. The highest BCUT2D eigenvalue weighted by molar-refractivity contribution is 9.10. The predicted octanol–water partition coefficient (Wildman–Crippen LogP) is 5.02. The second kappa shape index (κ2) is 10.5. The minimum absolute atomic E-state index is 0.0808. The van der Waals surface area contributed by atoms with Crippen LogP contribution >= 0.6 is 27.5 Å². The van der Waals surface area contributed by atoms with Gasteiger partial charge in [-0.1, -0.05) is 44.8 Å². The number of ether oxygens (including phenoxy) is 2. The van der Waals surface area contributed by atoms with Crippen LogP contribution in [0.3, 0.4) is 0 Å². The first-order chi connectivity index (χ1) is 16.0. The summed E-state index contributed by atoms with van der Waals surface area (Å²) in [5.74, 6) is 1.75. The molecule has 1 aromatic heterocycles. The first-order valence-corrected chi connectivity index (χ1v) is 11.7. The zero-order chi connectivity index (χ0) is 23.4. The standard InChI is InChI=1S/C23H24BrClN4O4/c1-31-19-11-18(20(32-2)10-17(19)25)26-23(30)15-6-4-8-29(12-15)13-21-27-22(28-33-21)14-5-3-7-16(24)9-14/h3,5,7,9-11,15H,4,6,8,12-13H2,1-2H3,(H,26,30). The Bertz CT molecular complexity index is 1140. The van der Waals surface area contributed by atoms with E-state index < -0.39 is 0 Å². The molecule has 33 heavy (non-hydrogen) atoms. The minimum Gasteiger partial charge on any atom is -0.495 e. The van der Waals surface area contributed by atoms with Crippen molar-refractivity contribution in [2.24, 2.45) is 5.92 Å². The van der Waals surface area contributed by atoms with E-state index in [0.29, 0.717) is 47.0 Å². The fourth-order valence-electron chi connectivity index (χ4n) is 3.86. The zero-order valence-electron chi connectivity index (χ0n) is 18.3. The van der Waals surface area contributed by atoms with Crippen molar-refractivity contribution in [3.8, 4) is 22.9 Å². The number of amides is 1. The summed E-state index contributed by atoms with van der Waals surface area (Å²) in [5, 5.41) is 7.47. The number of hydrogen-bond donors (Lipinski definition) is 1. The van der Waals surface area contributed by atoms with Gasteiger partial charge in [0.05, 0.1) is 37.4 Å². The quantitative estimate of drug-likeness (QED) is 0.454. The van der Waals surface area contributed by atoms with E-state index in [9.17, 15) is 4.79 Å². The summed E-state index contributed by atoms with van der Waals surface area (Å²) in [6.07, 6.45) is 1.69. The molecular weight excluding hydrogens is 512 g/mol. The zero-order valence-corrected chi connectivity index (χ0v) is 20.6. The first-order valence-electron chi connectivity index (χ1n) is 10.5. The summed E-state index contributed by atoms with van der Waals surface area (Å²) in [6.45, 7) is 1.94. The van der Waals surface area contributed by atoms with E-state index in [2.05, 4.69) is 36.3 Å². The maximum atomic E-state index is 13.0. The molecule has 2 aromatic carbocycles. The van der Waals surface area contributed by atoms with E-state index in [4.69, 9.17) is 25.6 Å². The molecule has 3 aromatic rings. The van der Waals surface area contributed by atoms with Crippen LogP contribution in [-0.4, -0.2) is 48.3 Å².